The molecular weight excluding hydrogens is 390 g/mol. The van der Waals surface area contributed by atoms with Crippen molar-refractivity contribution in [2.24, 2.45) is 5.10 Å². The summed E-state index contributed by atoms with van der Waals surface area (Å²) >= 11 is 1.55. The lowest BCUT2D eigenvalue weighted by atomic mass is 10.2. The average molecular weight is 407 g/mol. The van der Waals surface area contributed by atoms with Crippen LogP contribution in [0.5, 0.6) is 0 Å². The van der Waals surface area contributed by atoms with Gasteiger partial charge in [-0.25, -0.2) is 10.4 Å². The topological polar surface area (TPSA) is 92.9 Å². The highest BCUT2D eigenvalue weighted by atomic mass is 32.1. The van der Waals surface area contributed by atoms with Gasteiger partial charge in [0.25, 0.3) is 0 Å². The summed E-state index contributed by atoms with van der Waals surface area (Å²) in [5, 5.41) is 7.69. The second kappa shape index (κ2) is 7.61. The number of morpholine rings is 1. The molecule has 0 radical (unpaired) electrons. The molecule has 4 heterocycles. The number of thiophene rings is 1. The number of ether oxygens (including phenoxy) is 1. The van der Waals surface area contributed by atoms with E-state index in [9.17, 15) is 4.79 Å². The minimum absolute atomic E-state index is 0.138. The quantitative estimate of drug-likeness (QED) is 0.410. The van der Waals surface area contributed by atoms with E-state index in [4.69, 9.17) is 9.15 Å². The van der Waals surface area contributed by atoms with E-state index in [2.05, 4.69) is 25.4 Å². The Morgan fingerprint density at radius 2 is 2.00 bits per heavy atom. The van der Waals surface area contributed by atoms with Crippen LogP contribution in [0.2, 0.25) is 0 Å². The van der Waals surface area contributed by atoms with Crippen molar-refractivity contribution in [1.82, 2.24) is 9.97 Å². The van der Waals surface area contributed by atoms with Crippen LogP contribution in [-0.2, 0) is 4.74 Å². The van der Waals surface area contributed by atoms with Gasteiger partial charge in [-0.2, -0.15) is 10.1 Å². The monoisotopic (exact) mass is 407 g/mol. The lowest BCUT2D eigenvalue weighted by Crippen LogP contribution is -2.37. The predicted octanol–water partition coefficient (Wildman–Crippen LogP) is 3.08. The molecule has 5 rings (SSSR count). The molecule has 0 atom stereocenters. The molecule has 1 saturated heterocycles. The van der Waals surface area contributed by atoms with Crippen LogP contribution in [0.1, 0.15) is 5.56 Å². The SMILES string of the molecule is O=c1c(/C=N/Nc2nc(N3CCOCC3)c3ccsc3n2)coc2ccccc12. The summed E-state index contributed by atoms with van der Waals surface area (Å²) in [6.07, 6.45) is 2.83. The number of nitrogens with zero attached hydrogens (tertiary/aromatic N) is 4. The summed E-state index contributed by atoms with van der Waals surface area (Å²) in [6, 6.07) is 9.14. The number of nitrogens with one attached hydrogen (secondary N) is 1. The molecule has 0 amide bonds. The lowest BCUT2D eigenvalue weighted by molar-refractivity contribution is 0.122. The number of hydrogen-bond donors (Lipinski definition) is 1. The number of benzene rings is 1. The normalized spacial score (nSPS) is 14.8. The van der Waals surface area contributed by atoms with E-state index in [1.807, 2.05) is 17.5 Å². The van der Waals surface area contributed by atoms with Gasteiger partial charge in [0.05, 0.1) is 35.8 Å². The Kier molecular flexibility index (Phi) is 4.66. The Morgan fingerprint density at radius 3 is 2.90 bits per heavy atom. The summed E-state index contributed by atoms with van der Waals surface area (Å²) < 4.78 is 10.9. The third-order valence-corrected chi connectivity index (χ3v) is 5.50. The largest absolute Gasteiger partial charge is 0.463 e. The van der Waals surface area contributed by atoms with Crippen LogP contribution in [0.15, 0.2) is 56.3 Å². The first-order valence-corrected chi connectivity index (χ1v) is 10.0. The Balaban J connectivity index is 1.43. The fraction of sp³-hybridized carbons (Fsp3) is 0.200. The van der Waals surface area contributed by atoms with Crippen molar-refractivity contribution in [2.45, 2.75) is 0 Å². The van der Waals surface area contributed by atoms with Gasteiger partial charge < -0.3 is 14.1 Å². The standard InChI is InChI=1S/C20H17N5O3S/c26-17-13(12-28-16-4-2-1-3-14(16)17)11-21-24-20-22-18(25-6-8-27-9-7-25)15-5-10-29-19(15)23-20/h1-5,10-12H,6-9H2,(H,22,23,24)/b21-11+. The molecule has 1 fully saturated rings. The number of rotatable bonds is 4. The number of aromatic nitrogens is 2. The van der Waals surface area contributed by atoms with Crippen LogP contribution in [0.3, 0.4) is 0 Å². The van der Waals surface area contributed by atoms with Gasteiger partial charge in [0.2, 0.25) is 11.4 Å². The van der Waals surface area contributed by atoms with Crippen molar-refractivity contribution in [3.8, 4) is 0 Å². The lowest BCUT2D eigenvalue weighted by Gasteiger charge is -2.28. The number of hydrogen-bond acceptors (Lipinski definition) is 9. The molecule has 1 aliphatic heterocycles. The molecule has 29 heavy (non-hydrogen) atoms. The predicted molar refractivity (Wildman–Crippen MR) is 114 cm³/mol. The van der Waals surface area contributed by atoms with Crippen LogP contribution in [0.4, 0.5) is 11.8 Å². The highest BCUT2D eigenvalue weighted by Crippen LogP contribution is 2.29. The summed E-state index contributed by atoms with van der Waals surface area (Å²) in [5.41, 5.74) is 3.60. The van der Waals surface area contributed by atoms with E-state index < -0.39 is 0 Å². The number of para-hydroxylation sites is 1. The molecule has 3 aromatic heterocycles. The maximum Gasteiger partial charge on any atom is 0.246 e. The van der Waals surface area contributed by atoms with Crippen molar-refractivity contribution in [3.63, 3.8) is 0 Å². The molecule has 1 aliphatic rings. The summed E-state index contributed by atoms with van der Waals surface area (Å²) in [7, 11) is 0. The second-order valence-corrected chi connectivity index (χ2v) is 7.39. The highest BCUT2D eigenvalue weighted by molar-refractivity contribution is 7.16. The van der Waals surface area contributed by atoms with E-state index in [0.717, 1.165) is 29.1 Å². The first-order chi connectivity index (χ1) is 14.3. The van der Waals surface area contributed by atoms with Crippen LogP contribution in [-0.4, -0.2) is 42.5 Å². The van der Waals surface area contributed by atoms with Gasteiger partial charge in [-0.1, -0.05) is 12.1 Å². The maximum atomic E-state index is 12.5. The summed E-state index contributed by atoms with van der Waals surface area (Å²) in [6.45, 7) is 2.91. The molecule has 0 spiro atoms. The van der Waals surface area contributed by atoms with E-state index in [-0.39, 0.29) is 5.43 Å². The zero-order valence-electron chi connectivity index (χ0n) is 15.4. The van der Waals surface area contributed by atoms with E-state index in [1.165, 1.54) is 12.5 Å². The Morgan fingerprint density at radius 1 is 1.14 bits per heavy atom. The highest BCUT2D eigenvalue weighted by Gasteiger charge is 2.18. The van der Waals surface area contributed by atoms with Gasteiger partial charge in [-0.3, -0.25) is 4.79 Å². The molecule has 0 aliphatic carbocycles. The molecule has 9 heteroatoms. The zero-order valence-corrected chi connectivity index (χ0v) is 16.2. The van der Waals surface area contributed by atoms with E-state index in [1.54, 1.807) is 29.5 Å². The molecular formula is C20H17N5O3S. The van der Waals surface area contributed by atoms with Gasteiger partial charge in [-0.05, 0) is 23.6 Å². The fourth-order valence-corrected chi connectivity index (χ4v) is 4.01. The molecule has 0 unspecified atom stereocenters. The molecule has 1 aromatic carbocycles. The van der Waals surface area contributed by atoms with Crippen molar-refractivity contribution < 1.29 is 9.15 Å². The van der Waals surface area contributed by atoms with E-state index in [0.29, 0.717) is 35.7 Å². The van der Waals surface area contributed by atoms with Crippen LogP contribution in [0, 0.1) is 0 Å². The maximum absolute atomic E-state index is 12.5. The van der Waals surface area contributed by atoms with Crippen molar-refractivity contribution in [3.05, 3.63) is 57.8 Å². The van der Waals surface area contributed by atoms with Crippen LogP contribution in [0.25, 0.3) is 21.2 Å². The Hall–Kier alpha value is -3.30. The summed E-state index contributed by atoms with van der Waals surface area (Å²) in [4.78, 5) is 24.8. The molecule has 1 N–H and O–H groups in total. The number of anilines is 2. The molecule has 0 saturated carbocycles. The summed E-state index contributed by atoms with van der Waals surface area (Å²) in [5.74, 6) is 1.24. The second-order valence-electron chi connectivity index (χ2n) is 6.50. The van der Waals surface area contributed by atoms with Gasteiger partial charge >= 0.3 is 0 Å². The third kappa shape index (κ3) is 3.45. The molecule has 146 valence electrons. The third-order valence-electron chi connectivity index (χ3n) is 4.69. The van der Waals surface area contributed by atoms with Crippen LogP contribution < -0.4 is 15.8 Å². The Labute approximate surface area is 169 Å². The minimum atomic E-state index is -0.138. The van der Waals surface area contributed by atoms with Gasteiger partial charge in [0.1, 0.15) is 22.5 Å². The van der Waals surface area contributed by atoms with Gasteiger partial charge in [0, 0.05) is 13.1 Å². The Bertz CT molecular complexity index is 1260. The first kappa shape index (κ1) is 17.8. The molecule has 8 nitrogen and oxygen atoms in total. The smallest absolute Gasteiger partial charge is 0.246 e. The molecule has 0 bridgehead atoms. The zero-order chi connectivity index (χ0) is 19.6. The van der Waals surface area contributed by atoms with Crippen molar-refractivity contribution in [1.29, 1.82) is 0 Å². The molecule has 4 aromatic rings. The van der Waals surface area contributed by atoms with Crippen molar-refractivity contribution >= 4 is 50.5 Å². The fourth-order valence-electron chi connectivity index (χ4n) is 3.25. The average Bonchev–Trinajstić information content (AvgIpc) is 3.24. The minimum Gasteiger partial charge on any atom is -0.463 e. The number of hydrazone groups is 1. The number of fused-ring (bicyclic) bond motifs is 2. The van der Waals surface area contributed by atoms with Gasteiger partial charge in [0.15, 0.2) is 0 Å². The van der Waals surface area contributed by atoms with Crippen molar-refractivity contribution in [2.75, 3.05) is 36.6 Å². The first-order valence-electron chi connectivity index (χ1n) is 9.17. The van der Waals surface area contributed by atoms with Gasteiger partial charge in [-0.15, -0.1) is 11.3 Å². The van der Waals surface area contributed by atoms with E-state index >= 15 is 0 Å². The van der Waals surface area contributed by atoms with Crippen LogP contribution >= 0.6 is 11.3 Å².